The predicted molar refractivity (Wildman–Crippen MR) is 82.7 cm³/mol. The zero-order valence-corrected chi connectivity index (χ0v) is 12.2. The number of halogens is 1. The van der Waals surface area contributed by atoms with Crippen molar-refractivity contribution >= 4 is 5.91 Å². The summed E-state index contributed by atoms with van der Waals surface area (Å²) in [5, 5.41) is 4.06. The van der Waals surface area contributed by atoms with Crippen LogP contribution in [0.3, 0.4) is 0 Å². The van der Waals surface area contributed by atoms with Gasteiger partial charge in [-0.15, -0.1) is 0 Å². The first-order chi connectivity index (χ1) is 11.0. The van der Waals surface area contributed by atoms with Crippen molar-refractivity contribution < 1.29 is 9.18 Å². The summed E-state index contributed by atoms with van der Waals surface area (Å²) < 4.78 is 16.3. The topological polar surface area (TPSA) is 82.9 Å². The van der Waals surface area contributed by atoms with Gasteiger partial charge >= 0.3 is 0 Å². The molecule has 2 N–H and O–H groups in total. The van der Waals surface area contributed by atoms with Gasteiger partial charge in [0.05, 0.1) is 11.9 Å². The number of hydrogen-bond donors (Lipinski definition) is 1. The molecule has 116 valence electrons. The summed E-state index contributed by atoms with van der Waals surface area (Å²) in [5.41, 5.74) is 6.08. The summed E-state index contributed by atoms with van der Waals surface area (Å²) >= 11 is 0. The Balaban J connectivity index is 2.26. The largest absolute Gasteiger partial charge is 0.365 e. The molecule has 0 fully saturated rings. The molecule has 0 spiro atoms. The smallest absolute Gasteiger partial charge is 0.254 e. The molecule has 0 atom stereocenters. The molecule has 7 heteroatoms. The fraction of sp³-hybridized carbons (Fsp3) is 0.0625. The second-order valence-electron chi connectivity index (χ2n) is 5.07. The van der Waals surface area contributed by atoms with Gasteiger partial charge in [0.25, 0.3) is 5.91 Å². The molecule has 0 bridgehead atoms. The first kappa shape index (κ1) is 14.7. The van der Waals surface area contributed by atoms with Gasteiger partial charge in [-0.1, -0.05) is 12.1 Å². The maximum Gasteiger partial charge on any atom is 0.254 e. The molecule has 1 aromatic carbocycles. The lowest BCUT2D eigenvalue weighted by molar-refractivity contribution is 0.0999. The van der Waals surface area contributed by atoms with Crippen LogP contribution in [0.1, 0.15) is 10.4 Å². The van der Waals surface area contributed by atoms with Crippen molar-refractivity contribution in [1.29, 1.82) is 0 Å². The van der Waals surface area contributed by atoms with E-state index < -0.39 is 17.2 Å². The van der Waals surface area contributed by atoms with Crippen molar-refractivity contribution in [3.63, 3.8) is 0 Å². The Morgan fingerprint density at radius 2 is 1.87 bits per heavy atom. The van der Waals surface area contributed by atoms with Crippen LogP contribution in [0.15, 0.2) is 53.8 Å². The van der Waals surface area contributed by atoms with E-state index in [2.05, 4.69) is 5.10 Å². The van der Waals surface area contributed by atoms with Crippen molar-refractivity contribution in [2.45, 2.75) is 0 Å². The summed E-state index contributed by atoms with van der Waals surface area (Å²) in [6.07, 6.45) is 6.25. The predicted octanol–water partition coefficient (Wildman–Crippen LogP) is 1.48. The molecular formula is C16H13FN4O2. The molecule has 0 aliphatic heterocycles. The number of carbonyl (C=O) groups is 1. The van der Waals surface area contributed by atoms with E-state index in [1.807, 2.05) is 0 Å². The van der Waals surface area contributed by atoms with E-state index in [4.69, 9.17) is 5.73 Å². The molecule has 23 heavy (non-hydrogen) atoms. The van der Waals surface area contributed by atoms with Gasteiger partial charge < -0.3 is 10.3 Å². The fourth-order valence-corrected chi connectivity index (χ4v) is 2.28. The minimum absolute atomic E-state index is 0.143. The Morgan fingerprint density at radius 1 is 1.17 bits per heavy atom. The maximum atomic E-state index is 13.1. The standard InChI is InChI=1S/C16H13FN4O2/c1-20-7-12(6-19-20)21-8-13(10-2-4-11(17)5-3-10)15(22)14(9-21)16(18)23/h2-9H,1H3,(H2,18,23). The van der Waals surface area contributed by atoms with Gasteiger partial charge in [-0.2, -0.15) is 5.10 Å². The minimum atomic E-state index is -0.823. The van der Waals surface area contributed by atoms with Crippen LogP contribution in [-0.4, -0.2) is 20.3 Å². The number of primary amides is 1. The van der Waals surface area contributed by atoms with Crippen LogP contribution in [0, 0.1) is 5.82 Å². The number of aryl methyl sites for hydroxylation is 1. The van der Waals surface area contributed by atoms with E-state index >= 15 is 0 Å². The van der Waals surface area contributed by atoms with Crippen molar-refractivity contribution in [1.82, 2.24) is 14.3 Å². The van der Waals surface area contributed by atoms with Gasteiger partial charge in [0.15, 0.2) is 0 Å². The normalized spacial score (nSPS) is 10.7. The fourth-order valence-electron chi connectivity index (χ4n) is 2.28. The third kappa shape index (κ3) is 2.76. The molecule has 6 nitrogen and oxygen atoms in total. The summed E-state index contributed by atoms with van der Waals surface area (Å²) in [6, 6.07) is 5.45. The van der Waals surface area contributed by atoms with Crippen LogP contribution in [-0.2, 0) is 7.05 Å². The molecular weight excluding hydrogens is 299 g/mol. The molecule has 0 saturated heterocycles. The highest BCUT2D eigenvalue weighted by Crippen LogP contribution is 2.18. The van der Waals surface area contributed by atoms with Gasteiger partial charge in [0.1, 0.15) is 11.4 Å². The van der Waals surface area contributed by atoms with Crippen LogP contribution in [0.25, 0.3) is 16.8 Å². The van der Waals surface area contributed by atoms with Crippen LogP contribution in [0.5, 0.6) is 0 Å². The summed E-state index contributed by atoms with van der Waals surface area (Å²) in [4.78, 5) is 24.0. The highest BCUT2D eigenvalue weighted by atomic mass is 19.1. The number of amides is 1. The Kier molecular flexibility index (Phi) is 3.53. The highest BCUT2D eigenvalue weighted by molar-refractivity contribution is 5.93. The summed E-state index contributed by atoms with van der Waals surface area (Å²) in [7, 11) is 1.75. The number of carbonyl (C=O) groups excluding carboxylic acids is 1. The van der Waals surface area contributed by atoms with E-state index in [0.717, 1.165) is 0 Å². The van der Waals surface area contributed by atoms with Crippen molar-refractivity contribution in [2.24, 2.45) is 12.8 Å². The van der Waals surface area contributed by atoms with Crippen molar-refractivity contribution in [2.75, 3.05) is 0 Å². The second-order valence-corrected chi connectivity index (χ2v) is 5.07. The third-order valence-electron chi connectivity index (χ3n) is 3.44. The molecule has 0 unspecified atom stereocenters. The SMILES string of the molecule is Cn1cc(-n2cc(C(N)=O)c(=O)c(-c3ccc(F)cc3)c2)cn1. The van der Waals surface area contributed by atoms with Crippen molar-refractivity contribution in [3.05, 3.63) is 70.7 Å². The van der Waals surface area contributed by atoms with Gasteiger partial charge in [-0.25, -0.2) is 4.39 Å². The first-order valence-corrected chi connectivity index (χ1v) is 6.77. The number of rotatable bonds is 3. The average Bonchev–Trinajstić information content (AvgIpc) is 2.95. The van der Waals surface area contributed by atoms with Gasteiger partial charge in [-0.3, -0.25) is 14.3 Å². The van der Waals surface area contributed by atoms with E-state index in [0.29, 0.717) is 11.3 Å². The number of nitrogens with zero attached hydrogens (tertiary/aromatic N) is 3. The Morgan fingerprint density at radius 3 is 2.43 bits per heavy atom. The number of hydrogen-bond acceptors (Lipinski definition) is 3. The quantitative estimate of drug-likeness (QED) is 0.795. The molecule has 2 aromatic heterocycles. The van der Waals surface area contributed by atoms with Crippen molar-refractivity contribution in [3.8, 4) is 16.8 Å². The molecule has 0 aliphatic rings. The lowest BCUT2D eigenvalue weighted by atomic mass is 10.0. The van der Waals surface area contributed by atoms with Gasteiger partial charge in [0.2, 0.25) is 5.43 Å². The number of benzene rings is 1. The molecule has 3 rings (SSSR count). The lowest BCUT2D eigenvalue weighted by Crippen LogP contribution is -2.24. The zero-order valence-electron chi connectivity index (χ0n) is 12.2. The number of pyridine rings is 1. The monoisotopic (exact) mass is 312 g/mol. The minimum Gasteiger partial charge on any atom is -0.365 e. The Hall–Kier alpha value is -3.22. The Bertz CT molecular complexity index is 941. The van der Waals surface area contributed by atoms with Crippen LogP contribution < -0.4 is 11.2 Å². The molecule has 2 heterocycles. The molecule has 1 amide bonds. The number of aromatic nitrogens is 3. The second kappa shape index (κ2) is 5.53. The van der Waals surface area contributed by atoms with E-state index in [1.165, 1.54) is 30.5 Å². The highest BCUT2D eigenvalue weighted by Gasteiger charge is 2.15. The number of nitrogens with two attached hydrogens (primary N) is 1. The van der Waals surface area contributed by atoms with Gasteiger partial charge in [0, 0.05) is 31.2 Å². The summed E-state index contributed by atoms with van der Waals surface area (Å²) in [6.45, 7) is 0. The van der Waals surface area contributed by atoms with E-state index in [1.54, 1.807) is 34.9 Å². The Labute approximate surface area is 130 Å². The average molecular weight is 312 g/mol. The van der Waals surface area contributed by atoms with E-state index in [9.17, 15) is 14.0 Å². The van der Waals surface area contributed by atoms with Gasteiger partial charge in [-0.05, 0) is 17.7 Å². The maximum absolute atomic E-state index is 13.1. The first-order valence-electron chi connectivity index (χ1n) is 6.77. The third-order valence-corrected chi connectivity index (χ3v) is 3.44. The van der Waals surface area contributed by atoms with E-state index in [-0.39, 0.29) is 11.1 Å². The van der Waals surface area contributed by atoms with Crippen LogP contribution in [0.4, 0.5) is 4.39 Å². The molecule has 3 aromatic rings. The summed E-state index contributed by atoms with van der Waals surface area (Å²) in [5.74, 6) is -1.23. The lowest BCUT2D eigenvalue weighted by Gasteiger charge is -2.09. The molecule has 0 saturated carbocycles. The zero-order chi connectivity index (χ0) is 16.6. The van der Waals surface area contributed by atoms with Crippen LogP contribution in [0.2, 0.25) is 0 Å². The molecule has 0 radical (unpaired) electrons. The van der Waals surface area contributed by atoms with Crippen LogP contribution >= 0.6 is 0 Å². The molecule has 0 aliphatic carbocycles.